The summed E-state index contributed by atoms with van der Waals surface area (Å²) in [5.74, 6) is -0.0561. The first-order chi connectivity index (χ1) is 7.49. The van der Waals surface area contributed by atoms with Gasteiger partial charge in [0.05, 0.1) is 0 Å². The minimum Gasteiger partial charge on any atom is -0.494 e. The molecule has 0 spiro atoms. The molecule has 2 aromatic rings. The van der Waals surface area contributed by atoms with E-state index in [1.165, 1.54) is 10.6 Å². The largest absolute Gasteiger partial charge is 0.494 e. The Labute approximate surface area is 102 Å². The Bertz CT molecular complexity index is 529. The second-order valence-corrected chi connectivity index (χ2v) is 4.33. The summed E-state index contributed by atoms with van der Waals surface area (Å²) in [6.45, 7) is 0. The standard InChI is InChI=1S/C11H9Cl2NO2/c1-14-10(15)5-9(11(14)16)6-2-7(12)4-8(13)3-6/h2-5,15-16H,1H3. The fourth-order valence-corrected chi connectivity index (χ4v) is 2.03. The van der Waals surface area contributed by atoms with E-state index in [0.29, 0.717) is 21.2 Å². The predicted molar refractivity (Wildman–Crippen MR) is 64.2 cm³/mol. The molecule has 3 nitrogen and oxygen atoms in total. The molecule has 1 aromatic carbocycles. The molecule has 16 heavy (non-hydrogen) atoms. The molecule has 1 aromatic heterocycles. The molecule has 0 bridgehead atoms. The highest BCUT2D eigenvalue weighted by atomic mass is 35.5. The number of hydrogen-bond donors (Lipinski definition) is 2. The van der Waals surface area contributed by atoms with E-state index in [1.54, 1.807) is 25.2 Å². The van der Waals surface area contributed by atoms with Crippen LogP contribution in [0.1, 0.15) is 0 Å². The third-order valence-electron chi connectivity index (χ3n) is 2.35. The first-order valence-corrected chi connectivity index (χ1v) is 5.28. The van der Waals surface area contributed by atoms with Gasteiger partial charge in [-0.25, -0.2) is 0 Å². The van der Waals surface area contributed by atoms with Gasteiger partial charge in [0.2, 0.25) is 5.88 Å². The monoisotopic (exact) mass is 257 g/mol. The van der Waals surface area contributed by atoms with Crippen molar-refractivity contribution in [3.05, 3.63) is 34.3 Å². The minimum absolute atomic E-state index is 0.0244. The summed E-state index contributed by atoms with van der Waals surface area (Å²) >= 11 is 11.7. The highest BCUT2D eigenvalue weighted by Gasteiger charge is 2.13. The third-order valence-corrected chi connectivity index (χ3v) is 2.79. The normalized spacial score (nSPS) is 10.7. The Hall–Kier alpha value is -1.32. The van der Waals surface area contributed by atoms with E-state index in [2.05, 4.69) is 0 Å². The average molecular weight is 258 g/mol. The average Bonchev–Trinajstić information content (AvgIpc) is 2.44. The van der Waals surface area contributed by atoms with Gasteiger partial charge >= 0.3 is 0 Å². The van der Waals surface area contributed by atoms with Crippen LogP contribution >= 0.6 is 23.2 Å². The molecule has 0 aliphatic rings. The van der Waals surface area contributed by atoms with Crippen molar-refractivity contribution in [2.75, 3.05) is 0 Å². The van der Waals surface area contributed by atoms with Crippen molar-refractivity contribution in [2.45, 2.75) is 0 Å². The number of aromatic hydroxyl groups is 2. The maximum Gasteiger partial charge on any atom is 0.201 e. The van der Waals surface area contributed by atoms with Crippen molar-refractivity contribution in [1.29, 1.82) is 0 Å². The lowest BCUT2D eigenvalue weighted by Crippen LogP contribution is -1.84. The zero-order valence-corrected chi connectivity index (χ0v) is 9.92. The van der Waals surface area contributed by atoms with Gasteiger partial charge in [0, 0.05) is 28.7 Å². The maximum atomic E-state index is 9.77. The Kier molecular flexibility index (Phi) is 2.74. The lowest BCUT2D eigenvalue weighted by atomic mass is 10.1. The van der Waals surface area contributed by atoms with Crippen LogP contribution in [0.3, 0.4) is 0 Å². The number of nitrogens with zero attached hydrogens (tertiary/aromatic N) is 1. The van der Waals surface area contributed by atoms with Gasteiger partial charge in [-0.1, -0.05) is 23.2 Å². The van der Waals surface area contributed by atoms with E-state index in [1.807, 2.05) is 0 Å². The predicted octanol–water partition coefficient (Wildman–Crippen LogP) is 3.41. The summed E-state index contributed by atoms with van der Waals surface area (Å²) in [4.78, 5) is 0. The van der Waals surface area contributed by atoms with Crippen LogP contribution in [0.15, 0.2) is 24.3 Å². The van der Waals surface area contributed by atoms with Crippen molar-refractivity contribution in [3.8, 4) is 22.9 Å². The van der Waals surface area contributed by atoms with Crippen LogP contribution in [-0.4, -0.2) is 14.8 Å². The van der Waals surface area contributed by atoms with E-state index in [-0.39, 0.29) is 11.8 Å². The summed E-state index contributed by atoms with van der Waals surface area (Å²) in [6.07, 6.45) is 0. The van der Waals surface area contributed by atoms with Gasteiger partial charge < -0.3 is 10.2 Å². The van der Waals surface area contributed by atoms with Gasteiger partial charge in [-0.2, -0.15) is 0 Å². The fraction of sp³-hybridized carbons (Fsp3) is 0.0909. The Morgan fingerprint density at radius 1 is 1.00 bits per heavy atom. The fourth-order valence-electron chi connectivity index (χ4n) is 1.50. The molecule has 0 aliphatic carbocycles. The van der Waals surface area contributed by atoms with Gasteiger partial charge in [0.25, 0.3) is 0 Å². The number of rotatable bonds is 1. The first-order valence-electron chi connectivity index (χ1n) is 4.53. The molecule has 0 saturated heterocycles. The van der Waals surface area contributed by atoms with Gasteiger partial charge in [-0.3, -0.25) is 4.57 Å². The summed E-state index contributed by atoms with van der Waals surface area (Å²) in [5, 5.41) is 20.2. The molecule has 0 fully saturated rings. The highest BCUT2D eigenvalue weighted by molar-refractivity contribution is 6.35. The van der Waals surface area contributed by atoms with Crippen LogP contribution in [0.25, 0.3) is 11.1 Å². The number of aromatic nitrogens is 1. The van der Waals surface area contributed by atoms with Gasteiger partial charge in [0.15, 0.2) is 5.88 Å². The molecule has 0 atom stereocenters. The second kappa shape index (κ2) is 3.92. The number of benzene rings is 1. The van der Waals surface area contributed by atoms with E-state index in [9.17, 15) is 10.2 Å². The van der Waals surface area contributed by atoms with Crippen LogP contribution in [0.4, 0.5) is 0 Å². The van der Waals surface area contributed by atoms with Gasteiger partial charge in [-0.05, 0) is 23.8 Å². The van der Waals surface area contributed by atoms with E-state index in [4.69, 9.17) is 23.2 Å². The molecule has 84 valence electrons. The summed E-state index contributed by atoms with van der Waals surface area (Å²) in [5.41, 5.74) is 1.15. The van der Waals surface area contributed by atoms with Crippen LogP contribution in [0.5, 0.6) is 11.8 Å². The molecule has 2 rings (SSSR count). The molecule has 0 aliphatic heterocycles. The Morgan fingerprint density at radius 3 is 2.00 bits per heavy atom. The molecule has 0 radical (unpaired) electrons. The lowest BCUT2D eigenvalue weighted by molar-refractivity contribution is 0.387. The molecule has 5 heteroatoms. The summed E-state index contributed by atoms with van der Waals surface area (Å²) < 4.78 is 1.27. The van der Waals surface area contributed by atoms with Crippen LogP contribution in [0, 0.1) is 0 Å². The van der Waals surface area contributed by atoms with Gasteiger partial charge in [0.1, 0.15) is 0 Å². The first kappa shape index (κ1) is 11.2. The Morgan fingerprint density at radius 2 is 1.56 bits per heavy atom. The minimum atomic E-state index is -0.0316. The van der Waals surface area contributed by atoms with Crippen molar-refractivity contribution < 1.29 is 10.2 Å². The zero-order valence-electron chi connectivity index (χ0n) is 8.41. The number of hydrogen-bond acceptors (Lipinski definition) is 2. The van der Waals surface area contributed by atoms with E-state index >= 15 is 0 Å². The van der Waals surface area contributed by atoms with Crippen LogP contribution in [0.2, 0.25) is 10.0 Å². The molecule has 2 N–H and O–H groups in total. The Balaban J connectivity index is 2.62. The van der Waals surface area contributed by atoms with Crippen molar-refractivity contribution >= 4 is 23.2 Å². The molecular formula is C11H9Cl2NO2. The highest BCUT2D eigenvalue weighted by Crippen LogP contribution is 2.37. The van der Waals surface area contributed by atoms with Crippen LogP contribution in [-0.2, 0) is 7.05 Å². The molecular weight excluding hydrogens is 249 g/mol. The summed E-state index contributed by atoms with van der Waals surface area (Å²) in [7, 11) is 1.56. The summed E-state index contributed by atoms with van der Waals surface area (Å²) in [6, 6.07) is 6.40. The van der Waals surface area contributed by atoms with Crippen molar-refractivity contribution in [3.63, 3.8) is 0 Å². The second-order valence-electron chi connectivity index (χ2n) is 3.46. The molecule has 0 saturated carbocycles. The zero-order chi connectivity index (χ0) is 11.9. The van der Waals surface area contributed by atoms with E-state index in [0.717, 1.165) is 0 Å². The molecule has 0 unspecified atom stereocenters. The number of halogens is 2. The maximum absolute atomic E-state index is 9.77. The quantitative estimate of drug-likeness (QED) is 0.823. The van der Waals surface area contributed by atoms with Gasteiger partial charge in [-0.15, -0.1) is 0 Å². The third kappa shape index (κ3) is 1.84. The lowest BCUT2D eigenvalue weighted by Gasteiger charge is -2.02. The van der Waals surface area contributed by atoms with Crippen LogP contribution < -0.4 is 0 Å². The van der Waals surface area contributed by atoms with E-state index < -0.39 is 0 Å². The smallest absolute Gasteiger partial charge is 0.201 e. The molecule has 0 amide bonds. The van der Waals surface area contributed by atoms with Crippen molar-refractivity contribution in [1.82, 2.24) is 4.57 Å². The SMILES string of the molecule is Cn1c(O)cc(-c2cc(Cl)cc(Cl)c2)c1O. The topological polar surface area (TPSA) is 45.4 Å². The molecule has 1 heterocycles. The van der Waals surface area contributed by atoms with Crippen molar-refractivity contribution in [2.24, 2.45) is 7.05 Å².